The molecular formula is C12H16ClNO2. The summed E-state index contributed by atoms with van der Waals surface area (Å²) in [5, 5.41) is 0. The third kappa shape index (κ3) is 3.83. The van der Waals surface area contributed by atoms with Crippen LogP contribution >= 0.6 is 11.6 Å². The first-order valence-electron chi connectivity index (χ1n) is 5.02. The summed E-state index contributed by atoms with van der Waals surface area (Å²) in [5.41, 5.74) is 5.57. The molecule has 0 amide bonds. The Morgan fingerprint density at radius 3 is 2.56 bits per heavy atom. The van der Waals surface area contributed by atoms with Gasteiger partial charge in [0.15, 0.2) is 0 Å². The van der Waals surface area contributed by atoms with E-state index in [1.165, 1.54) is 0 Å². The van der Waals surface area contributed by atoms with Crippen molar-refractivity contribution in [3.63, 3.8) is 0 Å². The third-order valence-corrected chi connectivity index (χ3v) is 2.09. The van der Waals surface area contributed by atoms with Gasteiger partial charge in [-0.2, -0.15) is 0 Å². The van der Waals surface area contributed by atoms with Crippen LogP contribution in [-0.4, -0.2) is 11.6 Å². The lowest BCUT2D eigenvalue weighted by molar-refractivity contribution is 0.00694. The van der Waals surface area contributed by atoms with Crippen molar-refractivity contribution in [1.29, 1.82) is 0 Å². The molecule has 0 aliphatic carbocycles. The average molecular weight is 242 g/mol. The lowest BCUT2D eigenvalue weighted by Gasteiger charge is -2.19. The topological polar surface area (TPSA) is 52.3 Å². The zero-order valence-corrected chi connectivity index (χ0v) is 10.4. The molecule has 0 spiro atoms. The highest BCUT2D eigenvalue weighted by Crippen LogP contribution is 2.18. The lowest BCUT2D eigenvalue weighted by atomic mass is 10.1. The molecule has 0 heterocycles. The Balaban J connectivity index is 2.88. The van der Waals surface area contributed by atoms with E-state index in [1.54, 1.807) is 24.3 Å². The van der Waals surface area contributed by atoms with Crippen molar-refractivity contribution in [2.24, 2.45) is 5.73 Å². The van der Waals surface area contributed by atoms with Crippen molar-refractivity contribution in [3.05, 3.63) is 35.4 Å². The number of rotatable bonds is 2. The van der Waals surface area contributed by atoms with Crippen LogP contribution in [0, 0.1) is 0 Å². The van der Waals surface area contributed by atoms with Gasteiger partial charge < -0.3 is 10.5 Å². The van der Waals surface area contributed by atoms with Gasteiger partial charge in [0, 0.05) is 0 Å². The number of hydrogen-bond donors (Lipinski definition) is 1. The number of esters is 1. The van der Waals surface area contributed by atoms with E-state index >= 15 is 0 Å². The van der Waals surface area contributed by atoms with Crippen molar-refractivity contribution in [2.75, 3.05) is 0 Å². The Kier molecular flexibility index (Phi) is 3.94. The number of carbonyl (C=O) groups is 1. The van der Waals surface area contributed by atoms with E-state index in [1.807, 2.05) is 20.8 Å². The Labute approximate surface area is 101 Å². The largest absolute Gasteiger partial charge is 0.456 e. The maximum atomic E-state index is 11.7. The molecule has 0 aliphatic rings. The normalized spacial score (nSPS) is 13.3. The molecule has 1 atom stereocenters. The highest BCUT2D eigenvalue weighted by Gasteiger charge is 2.18. The molecule has 1 rings (SSSR count). The van der Waals surface area contributed by atoms with Crippen molar-refractivity contribution < 1.29 is 9.53 Å². The summed E-state index contributed by atoms with van der Waals surface area (Å²) in [6, 6.07) is 6.82. The van der Waals surface area contributed by atoms with Gasteiger partial charge in [0.1, 0.15) is 11.1 Å². The summed E-state index contributed by atoms with van der Waals surface area (Å²) in [6.07, 6.45) is 0. The van der Waals surface area contributed by atoms with Crippen molar-refractivity contribution in [1.82, 2.24) is 0 Å². The monoisotopic (exact) mass is 241 g/mol. The highest BCUT2D eigenvalue weighted by molar-refractivity contribution is 6.20. The minimum atomic E-state index is -0.609. The smallest absolute Gasteiger partial charge is 0.338 e. The summed E-state index contributed by atoms with van der Waals surface area (Å²) < 4.78 is 5.24. The predicted octanol–water partition coefficient (Wildman–Crippen LogP) is 2.84. The van der Waals surface area contributed by atoms with Gasteiger partial charge in [-0.25, -0.2) is 4.79 Å². The van der Waals surface area contributed by atoms with E-state index in [9.17, 15) is 4.79 Å². The molecule has 0 saturated heterocycles. The first-order valence-corrected chi connectivity index (χ1v) is 5.46. The van der Waals surface area contributed by atoms with Crippen LogP contribution in [0.5, 0.6) is 0 Å². The Bertz CT molecular complexity index is 383. The van der Waals surface area contributed by atoms with E-state index in [4.69, 9.17) is 22.1 Å². The molecule has 4 heteroatoms. The quantitative estimate of drug-likeness (QED) is 0.492. The van der Waals surface area contributed by atoms with Gasteiger partial charge in [-0.15, -0.1) is 11.6 Å². The van der Waals surface area contributed by atoms with Gasteiger partial charge in [-0.1, -0.05) is 12.1 Å². The fourth-order valence-electron chi connectivity index (χ4n) is 1.17. The van der Waals surface area contributed by atoms with Gasteiger partial charge in [0.25, 0.3) is 0 Å². The number of hydrogen-bond acceptors (Lipinski definition) is 3. The Hall–Kier alpha value is -1.06. The van der Waals surface area contributed by atoms with Crippen LogP contribution in [0.2, 0.25) is 0 Å². The minimum Gasteiger partial charge on any atom is -0.456 e. The molecule has 1 unspecified atom stereocenters. The molecule has 0 saturated carbocycles. The maximum absolute atomic E-state index is 11.7. The van der Waals surface area contributed by atoms with Gasteiger partial charge in [-0.05, 0) is 38.5 Å². The molecule has 3 nitrogen and oxygen atoms in total. The number of nitrogens with two attached hydrogens (primary N) is 1. The maximum Gasteiger partial charge on any atom is 0.338 e. The van der Waals surface area contributed by atoms with Crippen molar-refractivity contribution >= 4 is 17.6 Å². The first kappa shape index (κ1) is 13.0. The van der Waals surface area contributed by atoms with Crippen LogP contribution in [0.15, 0.2) is 24.3 Å². The standard InChI is InChI=1S/C12H16ClNO2/c1-12(2,3)16-11(15)9-6-4-5-8(7-9)10(13)14/h4-7,10H,14H2,1-3H3. The number of benzene rings is 1. The van der Waals surface area contributed by atoms with Gasteiger partial charge in [0.05, 0.1) is 5.56 Å². The molecule has 0 aromatic heterocycles. The van der Waals surface area contributed by atoms with Crippen LogP contribution in [-0.2, 0) is 4.74 Å². The van der Waals surface area contributed by atoms with E-state index in [0.717, 1.165) is 0 Å². The molecule has 0 aliphatic heterocycles. The molecule has 1 aromatic rings. The molecule has 1 aromatic carbocycles. The predicted molar refractivity (Wildman–Crippen MR) is 64.4 cm³/mol. The number of alkyl halides is 1. The highest BCUT2D eigenvalue weighted by atomic mass is 35.5. The summed E-state index contributed by atoms with van der Waals surface area (Å²) in [5.74, 6) is -0.369. The van der Waals surface area contributed by atoms with Gasteiger partial charge >= 0.3 is 5.97 Å². The van der Waals surface area contributed by atoms with Crippen LogP contribution in [0.25, 0.3) is 0 Å². The van der Waals surface area contributed by atoms with E-state index in [0.29, 0.717) is 11.1 Å². The Morgan fingerprint density at radius 1 is 1.44 bits per heavy atom. The van der Waals surface area contributed by atoms with Crippen LogP contribution < -0.4 is 5.73 Å². The summed E-state index contributed by atoms with van der Waals surface area (Å²) in [6.45, 7) is 5.46. The van der Waals surface area contributed by atoms with Gasteiger partial charge in [0.2, 0.25) is 0 Å². The minimum absolute atomic E-state index is 0.369. The van der Waals surface area contributed by atoms with Gasteiger partial charge in [-0.3, -0.25) is 0 Å². The second kappa shape index (κ2) is 4.85. The first-order chi connectivity index (χ1) is 7.29. The molecule has 0 bridgehead atoms. The molecule has 0 radical (unpaired) electrons. The fourth-order valence-corrected chi connectivity index (χ4v) is 1.31. The van der Waals surface area contributed by atoms with Crippen molar-refractivity contribution in [3.8, 4) is 0 Å². The molecular weight excluding hydrogens is 226 g/mol. The zero-order chi connectivity index (χ0) is 12.3. The zero-order valence-electron chi connectivity index (χ0n) is 9.66. The van der Waals surface area contributed by atoms with E-state index < -0.39 is 11.1 Å². The number of carbonyl (C=O) groups excluding carboxylic acids is 1. The second-order valence-electron chi connectivity index (χ2n) is 4.53. The Morgan fingerprint density at radius 2 is 2.06 bits per heavy atom. The van der Waals surface area contributed by atoms with E-state index in [-0.39, 0.29) is 5.97 Å². The number of ether oxygens (including phenoxy) is 1. The average Bonchev–Trinajstić information content (AvgIpc) is 2.15. The van der Waals surface area contributed by atoms with E-state index in [2.05, 4.69) is 0 Å². The number of halogens is 1. The summed E-state index contributed by atoms with van der Waals surface area (Å²) in [4.78, 5) is 11.7. The van der Waals surface area contributed by atoms with Crippen LogP contribution in [0.3, 0.4) is 0 Å². The molecule has 88 valence electrons. The van der Waals surface area contributed by atoms with Crippen LogP contribution in [0.1, 0.15) is 42.2 Å². The van der Waals surface area contributed by atoms with Crippen LogP contribution in [0.4, 0.5) is 0 Å². The second-order valence-corrected chi connectivity index (χ2v) is 5.00. The van der Waals surface area contributed by atoms with Crippen molar-refractivity contribution in [2.45, 2.75) is 31.9 Å². The lowest BCUT2D eigenvalue weighted by Crippen LogP contribution is -2.24. The molecule has 0 fully saturated rings. The SMILES string of the molecule is CC(C)(C)OC(=O)c1cccc(C(N)Cl)c1. The summed E-state index contributed by atoms with van der Waals surface area (Å²) in [7, 11) is 0. The summed E-state index contributed by atoms with van der Waals surface area (Å²) >= 11 is 5.74. The molecule has 2 N–H and O–H groups in total. The molecule has 16 heavy (non-hydrogen) atoms. The fraction of sp³-hybridized carbons (Fsp3) is 0.417. The third-order valence-electron chi connectivity index (χ3n) is 1.84.